The van der Waals surface area contributed by atoms with Crippen molar-refractivity contribution in [1.29, 1.82) is 0 Å². The lowest BCUT2D eigenvalue weighted by atomic mass is 9.73. The van der Waals surface area contributed by atoms with Crippen molar-refractivity contribution >= 4 is 28.6 Å². The van der Waals surface area contributed by atoms with Crippen molar-refractivity contribution in [2.75, 3.05) is 51.3 Å². The highest BCUT2D eigenvalue weighted by molar-refractivity contribution is 6.00. The Balaban J connectivity index is 1.10. The number of nitrogens with zero attached hydrogens (tertiary/aromatic N) is 3. The molecular weight excluding hydrogens is 524 g/mol. The first-order valence-electron chi connectivity index (χ1n) is 15.0. The first kappa shape index (κ1) is 27.9. The standard InChI is InChI=1S/C35H38N4O3/c1-42-33(40)18-20-36-34(41)35(29-13-5-3-11-27(29)28-12-4-6-14-30(28)35)19-8-9-21-38-22-24-39(25-23-38)32-17-16-26-10-2-7-15-31(26)37-32/h2-7,10-17H,8-9,18-25H2,1H3,(H,36,41). The molecule has 0 saturated carbocycles. The van der Waals surface area contributed by atoms with Gasteiger partial charge in [-0.3, -0.25) is 14.5 Å². The summed E-state index contributed by atoms with van der Waals surface area (Å²) in [5, 5.41) is 4.24. The van der Waals surface area contributed by atoms with E-state index in [1.807, 2.05) is 36.4 Å². The maximum absolute atomic E-state index is 14.0. The van der Waals surface area contributed by atoms with E-state index >= 15 is 0 Å². The average Bonchev–Trinajstić information content (AvgIpc) is 3.33. The highest BCUT2D eigenvalue weighted by atomic mass is 16.5. The number of benzene rings is 3. The molecule has 1 aliphatic heterocycles. The van der Waals surface area contributed by atoms with Gasteiger partial charge in [0.2, 0.25) is 5.91 Å². The van der Waals surface area contributed by atoms with E-state index in [1.54, 1.807) is 0 Å². The molecule has 3 aromatic carbocycles. The van der Waals surface area contributed by atoms with E-state index in [-0.39, 0.29) is 24.8 Å². The Bertz CT molecular complexity index is 1530. The number of aromatic nitrogens is 1. The molecule has 216 valence electrons. The zero-order chi connectivity index (χ0) is 28.9. The molecule has 4 aromatic rings. The molecule has 0 atom stereocenters. The Morgan fingerprint density at radius 1 is 0.833 bits per heavy atom. The fourth-order valence-corrected chi connectivity index (χ4v) is 6.64. The van der Waals surface area contributed by atoms with Gasteiger partial charge in [0.1, 0.15) is 11.2 Å². The summed E-state index contributed by atoms with van der Waals surface area (Å²) in [5.74, 6) is 0.681. The van der Waals surface area contributed by atoms with Gasteiger partial charge in [-0.2, -0.15) is 0 Å². The predicted molar refractivity (Wildman–Crippen MR) is 167 cm³/mol. The number of methoxy groups -OCH3 is 1. The molecule has 0 bridgehead atoms. The third-order valence-corrected chi connectivity index (χ3v) is 8.85. The van der Waals surface area contributed by atoms with Crippen LogP contribution in [0.15, 0.2) is 84.9 Å². The van der Waals surface area contributed by atoms with Crippen LogP contribution in [-0.2, 0) is 19.7 Å². The second kappa shape index (κ2) is 12.3. The molecule has 42 heavy (non-hydrogen) atoms. The lowest BCUT2D eigenvalue weighted by Crippen LogP contribution is -2.47. The molecule has 0 radical (unpaired) electrons. The summed E-state index contributed by atoms with van der Waals surface area (Å²) >= 11 is 0. The molecule has 1 aliphatic carbocycles. The number of ether oxygens (including phenoxy) is 1. The Morgan fingerprint density at radius 3 is 2.21 bits per heavy atom. The minimum absolute atomic E-state index is 0.0414. The first-order valence-corrected chi connectivity index (χ1v) is 15.0. The smallest absolute Gasteiger partial charge is 0.307 e. The van der Waals surface area contributed by atoms with Crippen molar-refractivity contribution < 1.29 is 14.3 Å². The number of anilines is 1. The summed E-state index contributed by atoms with van der Waals surface area (Å²) in [7, 11) is 1.37. The van der Waals surface area contributed by atoms with Crippen molar-refractivity contribution in [2.24, 2.45) is 0 Å². The second-order valence-electron chi connectivity index (χ2n) is 11.2. The molecule has 1 fully saturated rings. The molecule has 2 heterocycles. The number of hydrogen-bond donors (Lipinski definition) is 1. The van der Waals surface area contributed by atoms with Crippen LogP contribution in [0.25, 0.3) is 22.0 Å². The molecule has 7 heteroatoms. The lowest BCUT2D eigenvalue weighted by molar-refractivity contribution is -0.140. The first-order chi connectivity index (χ1) is 20.6. The van der Waals surface area contributed by atoms with Gasteiger partial charge in [-0.15, -0.1) is 0 Å². The van der Waals surface area contributed by atoms with Gasteiger partial charge in [0.25, 0.3) is 0 Å². The lowest BCUT2D eigenvalue weighted by Gasteiger charge is -2.36. The van der Waals surface area contributed by atoms with Crippen LogP contribution in [0.3, 0.4) is 0 Å². The van der Waals surface area contributed by atoms with Crippen molar-refractivity contribution in [3.63, 3.8) is 0 Å². The normalized spacial score (nSPS) is 15.7. The van der Waals surface area contributed by atoms with Crippen molar-refractivity contribution in [1.82, 2.24) is 15.2 Å². The zero-order valence-corrected chi connectivity index (χ0v) is 24.2. The van der Waals surface area contributed by atoms with Crippen LogP contribution in [0.4, 0.5) is 5.82 Å². The highest BCUT2D eigenvalue weighted by Gasteiger charge is 2.48. The van der Waals surface area contributed by atoms with Gasteiger partial charge in [0.15, 0.2) is 0 Å². The molecular formula is C35H38N4O3. The number of hydrogen-bond acceptors (Lipinski definition) is 6. The number of rotatable bonds is 10. The maximum Gasteiger partial charge on any atom is 0.307 e. The summed E-state index contributed by atoms with van der Waals surface area (Å²) in [4.78, 5) is 35.5. The fourth-order valence-electron chi connectivity index (χ4n) is 6.64. The van der Waals surface area contributed by atoms with Gasteiger partial charge < -0.3 is 15.0 Å². The highest BCUT2D eigenvalue weighted by Crippen LogP contribution is 2.51. The van der Waals surface area contributed by atoms with Crippen LogP contribution in [0, 0.1) is 0 Å². The minimum atomic E-state index is -0.774. The third-order valence-electron chi connectivity index (χ3n) is 8.85. The average molecular weight is 563 g/mol. The third kappa shape index (κ3) is 5.37. The van der Waals surface area contributed by atoms with E-state index < -0.39 is 5.41 Å². The molecule has 1 aromatic heterocycles. The summed E-state index contributed by atoms with van der Waals surface area (Å²) in [6.45, 7) is 5.17. The molecule has 0 spiro atoms. The van der Waals surface area contributed by atoms with Crippen LogP contribution in [0.2, 0.25) is 0 Å². The summed E-state index contributed by atoms with van der Waals surface area (Å²) < 4.78 is 4.78. The zero-order valence-electron chi connectivity index (χ0n) is 24.2. The topological polar surface area (TPSA) is 74.8 Å². The Kier molecular flexibility index (Phi) is 8.20. The van der Waals surface area contributed by atoms with E-state index in [4.69, 9.17) is 9.72 Å². The molecule has 0 unspecified atom stereocenters. The number of amides is 1. The Morgan fingerprint density at radius 2 is 1.50 bits per heavy atom. The number of carbonyl (C=O) groups excluding carboxylic acids is 2. The number of unbranched alkanes of at least 4 members (excludes halogenated alkanes) is 1. The van der Waals surface area contributed by atoms with Gasteiger partial charge in [-0.1, -0.05) is 73.2 Å². The van der Waals surface area contributed by atoms with E-state index in [0.717, 1.165) is 79.2 Å². The largest absolute Gasteiger partial charge is 0.469 e. The van der Waals surface area contributed by atoms with Crippen LogP contribution in [-0.4, -0.2) is 68.1 Å². The predicted octanol–water partition coefficient (Wildman–Crippen LogP) is 5.17. The molecule has 2 aliphatic rings. The minimum Gasteiger partial charge on any atom is -0.469 e. The second-order valence-corrected chi connectivity index (χ2v) is 11.2. The monoisotopic (exact) mass is 562 g/mol. The van der Waals surface area contributed by atoms with E-state index in [0.29, 0.717) is 6.42 Å². The Hall–Kier alpha value is -4.23. The summed E-state index contributed by atoms with van der Waals surface area (Å²) in [6, 6.07) is 29.1. The van der Waals surface area contributed by atoms with Crippen LogP contribution >= 0.6 is 0 Å². The molecule has 7 nitrogen and oxygen atoms in total. The van der Waals surface area contributed by atoms with Crippen molar-refractivity contribution in [3.05, 3.63) is 96.1 Å². The van der Waals surface area contributed by atoms with E-state index in [2.05, 4.69) is 63.6 Å². The van der Waals surface area contributed by atoms with Gasteiger partial charge >= 0.3 is 5.97 Å². The van der Waals surface area contributed by atoms with Gasteiger partial charge in [-0.25, -0.2) is 4.98 Å². The van der Waals surface area contributed by atoms with Gasteiger partial charge in [0, 0.05) is 38.1 Å². The van der Waals surface area contributed by atoms with Crippen LogP contribution in [0.1, 0.15) is 36.8 Å². The number of piperazine rings is 1. The van der Waals surface area contributed by atoms with Gasteiger partial charge in [-0.05, 0) is 59.8 Å². The number of carbonyl (C=O) groups is 2. The Labute approximate surface area is 247 Å². The van der Waals surface area contributed by atoms with Crippen molar-refractivity contribution in [3.8, 4) is 11.1 Å². The number of esters is 1. The van der Waals surface area contributed by atoms with E-state index in [9.17, 15) is 9.59 Å². The number of fused-ring (bicyclic) bond motifs is 4. The van der Waals surface area contributed by atoms with E-state index in [1.165, 1.54) is 12.5 Å². The number of nitrogens with one attached hydrogen (secondary N) is 1. The molecule has 1 N–H and O–H groups in total. The SMILES string of the molecule is COC(=O)CCNC(=O)C1(CCCCN2CCN(c3ccc4ccccc4n3)CC2)c2ccccc2-c2ccccc21. The fraction of sp³-hybridized carbons (Fsp3) is 0.343. The summed E-state index contributed by atoms with van der Waals surface area (Å²) in [5.41, 5.74) is 4.61. The summed E-state index contributed by atoms with van der Waals surface area (Å²) in [6.07, 6.45) is 2.80. The van der Waals surface area contributed by atoms with Gasteiger partial charge in [0.05, 0.1) is 19.0 Å². The van der Waals surface area contributed by atoms with Crippen LogP contribution < -0.4 is 10.2 Å². The quantitative estimate of drug-likeness (QED) is 0.212. The number of pyridine rings is 1. The van der Waals surface area contributed by atoms with Crippen molar-refractivity contribution in [2.45, 2.75) is 31.1 Å². The molecule has 1 saturated heterocycles. The van der Waals surface area contributed by atoms with Crippen LogP contribution in [0.5, 0.6) is 0 Å². The molecule has 6 rings (SSSR count). The molecule has 1 amide bonds. The maximum atomic E-state index is 14.0. The number of para-hydroxylation sites is 1.